The molecule has 0 saturated heterocycles. The second kappa shape index (κ2) is 4.87. The van der Waals surface area contributed by atoms with Gasteiger partial charge in [0.15, 0.2) is 0 Å². The van der Waals surface area contributed by atoms with Gasteiger partial charge in [-0.25, -0.2) is 0 Å². The molecule has 0 radical (unpaired) electrons. The van der Waals surface area contributed by atoms with Crippen LogP contribution < -0.4 is 5.73 Å². The maximum atomic E-state index is 11.0. The first-order valence-corrected chi connectivity index (χ1v) is 5.70. The highest BCUT2D eigenvalue weighted by Gasteiger charge is 2.18. The van der Waals surface area contributed by atoms with Crippen molar-refractivity contribution >= 4 is 11.4 Å². The number of nitrogen functional groups attached to an aromatic ring is 1. The SMILES string of the molecule is CCCn1cc(N)c(-c2ccccc2[N+](=O)[O-])n1. The predicted octanol–water partition coefficient (Wildman–Crippen LogP) is 2.45. The van der Waals surface area contributed by atoms with Gasteiger partial charge in [-0.1, -0.05) is 19.1 Å². The molecule has 1 heterocycles. The Labute approximate surface area is 104 Å². The lowest BCUT2D eigenvalue weighted by atomic mass is 10.1. The second-order valence-electron chi connectivity index (χ2n) is 3.97. The molecule has 1 aromatic heterocycles. The number of nitro groups is 1. The molecule has 94 valence electrons. The van der Waals surface area contributed by atoms with Crippen LogP contribution in [0.15, 0.2) is 30.5 Å². The van der Waals surface area contributed by atoms with Gasteiger partial charge in [-0.15, -0.1) is 0 Å². The molecule has 0 aliphatic heterocycles. The van der Waals surface area contributed by atoms with Gasteiger partial charge >= 0.3 is 0 Å². The lowest BCUT2D eigenvalue weighted by molar-refractivity contribution is -0.384. The van der Waals surface area contributed by atoms with Crippen molar-refractivity contribution < 1.29 is 4.92 Å². The molecular weight excluding hydrogens is 232 g/mol. The molecule has 2 N–H and O–H groups in total. The van der Waals surface area contributed by atoms with Crippen molar-refractivity contribution in [3.05, 3.63) is 40.6 Å². The van der Waals surface area contributed by atoms with E-state index in [2.05, 4.69) is 5.10 Å². The molecule has 0 spiro atoms. The number of nitrogens with zero attached hydrogens (tertiary/aromatic N) is 3. The molecule has 0 fully saturated rings. The highest BCUT2D eigenvalue weighted by atomic mass is 16.6. The van der Waals surface area contributed by atoms with Gasteiger partial charge in [0.05, 0.1) is 16.2 Å². The molecule has 6 nitrogen and oxygen atoms in total. The van der Waals surface area contributed by atoms with Crippen LogP contribution in [0.5, 0.6) is 0 Å². The number of rotatable bonds is 4. The highest BCUT2D eigenvalue weighted by molar-refractivity contribution is 5.78. The summed E-state index contributed by atoms with van der Waals surface area (Å²) in [5.41, 5.74) is 7.26. The van der Waals surface area contributed by atoms with Crippen LogP contribution in [0.1, 0.15) is 13.3 Å². The fraction of sp³-hybridized carbons (Fsp3) is 0.250. The van der Waals surface area contributed by atoms with Crippen LogP contribution in [-0.2, 0) is 6.54 Å². The molecule has 2 rings (SSSR count). The topological polar surface area (TPSA) is 87.0 Å². The van der Waals surface area contributed by atoms with Crippen molar-refractivity contribution in [2.45, 2.75) is 19.9 Å². The van der Waals surface area contributed by atoms with E-state index in [-0.39, 0.29) is 5.69 Å². The van der Waals surface area contributed by atoms with E-state index in [9.17, 15) is 10.1 Å². The molecule has 2 aromatic rings. The van der Waals surface area contributed by atoms with Crippen LogP contribution in [0.3, 0.4) is 0 Å². The van der Waals surface area contributed by atoms with Crippen LogP contribution in [0.2, 0.25) is 0 Å². The van der Waals surface area contributed by atoms with E-state index in [0.29, 0.717) is 16.9 Å². The number of hydrogen-bond donors (Lipinski definition) is 1. The fourth-order valence-electron chi connectivity index (χ4n) is 1.82. The van der Waals surface area contributed by atoms with Crippen molar-refractivity contribution in [1.29, 1.82) is 0 Å². The van der Waals surface area contributed by atoms with Crippen molar-refractivity contribution in [2.75, 3.05) is 5.73 Å². The average Bonchev–Trinajstić information content (AvgIpc) is 2.70. The third-order valence-electron chi connectivity index (χ3n) is 2.60. The number of aromatic nitrogens is 2. The number of nitrogens with two attached hydrogens (primary N) is 1. The Kier molecular flexibility index (Phi) is 3.27. The van der Waals surface area contributed by atoms with Crippen LogP contribution in [0.4, 0.5) is 11.4 Å². The van der Waals surface area contributed by atoms with Crippen molar-refractivity contribution in [3.63, 3.8) is 0 Å². The number of aryl methyl sites for hydroxylation is 1. The van der Waals surface area contributed by atoms with E-state index in [1.54, 1.807) is 29.1 Å². The molecular formula is C12H14N4O2. The number of anilines is 1. The number of para-hydroxylation sites is 1. The van der Waals surface area contributed by atoms with Crippen LogP contribution >= 0.6 is 0 Å². The number of benzene rings is 1. The van der Waals surface area contributed by atoms with Crippen molar-refractivity contribution in [1.82, 2.24) is 9.78 Å². The molecule has 0 saturated carbocycles. The lowest BCUT2D eigenvalue weighted by Crippen LogP contribution is -1.98. The molecule has 0 bridgehead atoms. The summed E-state index contributed by atoms with van der Waals surface area (Å²) < 4.78 is 1.71. The minimum Gasteiger partial charge on any atom is -0.396 e. The Hall–Kier alpha value is -2.37. The first-order chi connectivity index (χ1) is 8.63. The van der Waals surface area contributed by atoms with E-state index in [4.69, 9.17) is 5.73 Å². The van der Waals surface area contributed by atoms with Gasteiger partial charge in [0.25, 0.3) is 5.69 Å². The first kappa shape index (κ1) is 12.1. The van der Waals surface area contributed by atoms with Gasteiger partial charge in [0.2, 0.25) is 0 Å². The van der Waals surface area contributed by atoms with Crippen molar-refractivity contribution in [3.8, 4) is 11.3 Å². The molecule has 1 aromatic carbocycles. The summed E-state index contributed by atoms with van der Waals surface area (Å²) in [5.74, 6) is 0. The van der Waals surface area contributed by atoms with Crippen LogP contribution in [0.25, 0.3) is 11.3 Å². The summed E-state index contributed by atoms with van der Waals surface area (Å²) in [6, 6.07) is 6.47. The second-order valence-corrected chi connectivity index (χ2v) is 3.97. The maximum Gasteiger partial charge on any atom is 0.278 e. The summed E-state index contributed by atoms with van der Waals surface area (Å²) in [7, 11) is 0. The van der Waals surface area contributed by atoms with Gasteiger partial charge in [-0.3, -0.25) is 14.8 Å². The summed E-state index contributed by atoms with van der Waals surface area (Å²) in [6.07, 6.45) is 2.63. The Balaban J connectivity index is 2.51. The minimum atomic E-state index is -0.423. The average molecular weight is 246 g/mol. The van der Waals surface area contributed by atoms with Gasteiger partial charge in [-0.05, 0) is 12.5 Å². The lowest BCUT2D eigenvalue weighted by Gasteiger charge is -2.00. The molecule has 0 amide bonds. The van der Waals surface area contributed by atoms with E-state index in [1.807, 2.05) is 6.92 Å². The molecule has 0 aliphatic carbocycles. The zero-order valence-corrected chi connectivity index (χ0v) is 10.0. The Morgan fingerprint density at radius 2 is 2.17 bits per heavy atom. The van der Waals surface area contributed by atoms with E-state index in [0.717, 1.165) is 13.0 Å². The maximum absolute atomic E-state index is 11.0. The summed E-state index contributed by atoms with van der Waals surface area (Å²) in [4.78, 5) is 10.5. The van der Waals surface area contributed by atoms with Crippen molar-refractivity contribution in [2.24, 2.45) is 0 Å². The zero-order valence-electron chi connectivity index (χ0n) is 10.0. The van der Waals surface area contributed by atoms with Gasteiger partial charge in [0.1, 0.15) is 5.69 Å². The molecule has 0 aliphatic rings. The molecule has 6 heteroatoms. The quantitative estimate of drug-likeness (QED) is 0.663. The molecule has 0 atom stereocenters. The zero-order chi connectivity index (χ0) is 13.1. The Morgan fingerprint density at radius 3 is 2.83 bits per heavy atom. The van der Waals surface area contributed by atoms with Crippen LogP contribution in [-0.4, -0.2) is 14.7 Å². The Bertz CT molecular complexity index is 577. The first-order valence-electron chi connectivity index (χ1n) is 5.70. The third-order valence-corrected chi connectivity index (χ3v) is 2.60. The number of nitro benzene ring substituents is 1. The molecule has 0 unspecified atom stereocenters. The van der Waals surface area contributed by atoms with Gasteiger partial charge in [0, 0.05) is 18.8 Å². The monoisotopic (exact) mass is 246 g/mol. The smallest absolute Gasteiger partial charge is 0.278 e. The van der Waals surface area contributed by atoms with Crippen LogP contribution in [0, 0.1) is 10.1 Å². The minimum absolute atomic E-state index is 0.0194. The summed E-state index contributed by atoms with van der Waals surface area (Å²) >= 11 is 0. The third kappa shape index (κ3) is 2.17. The predicted molar refractivity (Wildman–Crippen MR) is 69.0 cm³/mol. The highest BCUT2D eigenvalue weighted by Crippen LogP contribution is 2.31. The normalized spacial score (nSPS) is 10.5. The van der Waals surface area contributed by atoms with E-state index >= 15 is 0 Å². The fourth-order valence-corrected chi connectivity index (χ4v) is 1.82. The van der Waals surface area contributed by atoms with E-state index < -0.39 is 4.92 Å². The standard InChI is InChI=1S/C12H14N4O2/c1-2-7-15-8-10(13)12(14-15)9-5-3-4-6-11(9)16(17)18/h3-6,8H,2,7,13H2,1H3. The summed E-state index contributed by atoms with van der Waals surface area (Å²) in [6.45, 7) is 2.77. The van der Waals surface area contributed by atoms with Gasteiger partial charge < -0.3 is 5.73 Å². The summed E-state index contributed by atoms with van der Waals surface area (Å²) in [5, 5.41) is 15.3. The number of hydrogen-bond acceptors (Lipinski definition) is 4. The Morgan fingerprint density at radius 1 is 1.44 bits per heavy atom. The molecule has 18 heavy (non-hydrogen) atoms. The van der Waals surface area contributed by atoms with E-state index in [1.165, 1.54) is 6.07 Å². The van der Waals surface area contributed by atoms with Gasteiger partial charge in [-0.2, -0.15) is 5.10 Å². The largest absolute Gasteiger partial charge is 0.396 e.